The monoisotopic (exact) mass is 570 g/mol. The van der Waals surface area contributed by atoms with Crippen molar-refractivity contribution in [2.75, 3.05) is 4.90 Å². The van der Waals surface area contributed by atoms with Gasteiger partial charge in [0, 0.05) is 34.5 Å². The number of aliphatic imine (C=N–C) groups is 1. The maximum Gasteiger partial charge on any atom is 0.188 e. The van der Waals surface area contributed by atoms with Gasteiger partial charge in [0.1, 0.15) is 11.0 Å². The van der Waals surface area contributed by atoms with Crippen molar-refractivity contribution in [3.8, 4) is 11.1 Å². The van der Waals surface area contributed by atoms with Crippen LogP contribution in [0.3, 0.4) is 0 Å². The summed E-state index contributed by atoms with van der Waals surface area (Å²) in [5, 5.41) is 0. The van der Waals surface area contributed by atoms with Gasteiger partial charge in [-0.1, -0.05) is 60.4 Å². The molecule has 208 valence electrons. The zero-order chi connectivity index (χ0) is 28.8. The minimum absolute atomic E-state index is 0.0885. The Morgan fingerprint density at radius 2 is 1.17 bits per heavy atom. The molecule has 2 aliphatic rings. The Bertz CT molecular complexity index is 1770. The number of aryl methyl sites for hydroxylation is 2. The van der Waals surface area contributed by atoms with Gasteiger partial charge in [-0.15, -0.1) is 0 Å². The number of carbonyl (C=O) groups excluding carboxylic acids is 2. The van der Waals surface area contributed by atoms with Gasteiger partial charge in [-0.05, 0) is 80.8 Å². The van der Waals surface area contributed by atoms with Crippen molar-refractivity contribution >= 4 is 62.8 Å². The van der Waals surface area contributed by atoms with E-state index in [4.69, 9.17) is 0 Å². The number of hydrogen-bond donors (Lipinski definition) is 0. The summed E-state index contributed by atoms with van der Waals surface area (Å²) in [6.45, 7) is 4.19. The molecule has 6 nitrogen and oxygen atoms in total. The molecule has 0 radical (unpaired) electrons. The van der Waals surface area contributed by atoms with Gasteiger partial charge in [0.25, 0.3) is 0 Å². The molecule has 0 amide bonds. The van der Waals surface area contributed by atoms with Gasteiger partial charge in [-0.3, -0.25) is 9.59 Å². The van der Waals surface area contributed by atoms with E-state index in [-0.39, 0.29) is 29.1 Å². The molecular weight excluding hydrogens is 540 g/mol. The van der Waals surface area contributed by atoms with E-state index in [1.54, 1.807) is 0 Å². The molecule has 1 heterocycles. The highest BCUT2D eigenvalue weighted by molar-refractivity contribution is 7.00. The van der Waals surface area contributed by atoms with E-state index in [1.165, 1.54) is 11.1 Å². The van der Waals surface area contributed by atoms with E-state index in [2.05, 4.69) is 105 Å². The highest BCUT2D eigenvalue weighted by atomic mass is 32.1. The van der Waals surface area contributed by atoms with Crippen molar-refractivity contribution in [1.29, 1.82) is 0 Å². The van der Waals surface area contributed by atoms with Crippen molar-refractivity contribution in [3.63, 3.8) is 0 Å². The van der Waals surface area contributed by atoms with Crippen LogP contribution in [0.2, 0.25) is 0 Å². The number of fused-ring (bicyclic) bond motifs is 2. The minimum atomic E-state index is -0.203. The Balaban J connectivity index is 1.24. The molecule has 0 aliphatic heterocycles. The average molecular weight is 571 g/mol. The van der Waals surface area contributed by atoms with E-state index in [0.29, 0.717) is 11.2 Å². The second kappa shape index (κ2) is 10.7. The first-order valence-electron chi connectivity index (χ1n) is 14.4. The van der Waals surface area contributed by atoms with E-state index in [0.717, 1.165) is 71.1 Å². The van der Waals surface area contributed by atoms with Crippen LogP contribution in [0.4, 0.5) is 22.7 Å². The molecule has 1 aromatic heterocycles. The van der Waals surface area contributed by atoms with Gasteiger partial charge in [0.15, 0.2) is 17.3 Å². The van der Waals surface area contributed by atoms with Crippen molar-refractivity contribution in [2.24, 2.45) is 16.8 Å². The van der Waals surface area contributed by atoms with Crippen LogP contribution in [0.5, 0.6) is 0 Å². The Morgan fingerprint density at radius 1 is 0.667 bits per heavy atom. The summed E-state index contributed by atoms with van der Waals surface area (Å²) in [5.41, 5.74) is 9.54. The summed E-state index contributed by atoms with van der Waals surface area (Å²) in [4.78, 5) is 33.0. The van der Waals surface area contributed by atoms with Crippen molar-refractivity contribution in [1.82, 2.24) is 8.75 Å². The molecule has 0 N–H and O–H groups in total. The Labute approximate surface area is 249 Å². The van der Waals surface area contributed by atoms with Gasteiger partial charge >= 0.3 is 0 Å². The van der Waals surface area contributed by atoms with Gasteiger partial charge in [0.05, 0.1) is 17.4 Å². The molecule has 4 aromatic carbocycles. The Kier molecular flexibility index (Phi) is 6.75. The molecule has 2 unspecified atom stereocenters. The number of nitrogens with zero attached hydrogens (tertiary/aromatic N) is 4. The number of rotatable bonds is 5. The number of hydrogen-bond acceptors (Lipinski definition) is 7. The average Bonchev–Trinajstić information content (AvgIpc) is 3.60. The fraction of sp³-hybridized carbons (Fsp3) is 0.229. The standard InChI is InChI=1S/C35H30N4O2S/c1-21-7-13-24(14-8-21)39(25-15-9-22(2)10-16-25)26-17-11-23(12-18-26)27-19-20-30(32-31(27)37-42-38-32)36-33-34(40)28-5-3-4-6-29(28)35(33)41/h7-20,28-29H,3-6H2,1-2H3. The summed E-state index contributed by atoms with van der Waals surface area (Å²) in [6, 6.07) is 29.3. The molecule has 2 fully saturated rings. The van der Waals surface area contributed by atoms with E-state index in [1.807, 2.05) is 12.1 Å². The van der Waals surface area contributed by atoms with Crippen LogP contribution in [0.15, 0.2) is 89.9 Å². The minimum Gasteiger partial charge on any atom is -0.311 e. The third-order valence-electron chi connectivity index (χ3n) is 8.55. The van der Waals surface area contributed by atoms with E-state index < -0.39 is 0 Å². The normalized spacial score (nSPS) is 18.4. The summed E-state index contributed by atoms with van der Waals surface area (Å²) in [7, 11) is 0. The van der Waals surface area contributed by atoms with Crippen LogP contribution < -0.4 is 4.90 Å². The molecule has 2 saturated carbocycles. The maximum atomic E-state index is 13.1. The fourth-order valence-corrected chi connectivity index (χ4v) is 6.83. The van der Waals surface area contributed by atoms with Crippen LogP contribution in [-0.4, -0.2) is 26.0 Å². The van der Waals surface area contributed by atoms with Crippen LogP contribution >= 0.6 is 11.7 Å². The molecule has 7 heteroatoms. The summed E-state index contributed by atoms with van der Waals surface area (Å²) in [6.07, 6.45) is 3.55. The third-order valence-corrected chi connectivity index (χ3v) is 9.08. The first-order chi connectivity index (χ1) is 20.5. The zero-order valence-electron chi connectivity index (χ0n) is 23.6. The first-order valence-corrected chi connectivity index (χ1v) is 15.2. The second-order valence-corrected chi connectivity index (χ2v) is 11.9. The van der Waals surface area contributed by atoms with Crippen LogP contribution in [0, 0.1) is 25.7 Å². The summed E-state index contributed by atoms with van der Waals surface area (Å²) >= 11 is 1.11. The third kappa shape index (κ3) is 4.64. The molecule has 2 aliphatic carbocycles. The second-order valence-electron chi connectivity index (χ2n) is 11.3. The predicted octanol–water partition coefficient (Wildman–Crippen LogP) is 8.48. The lowest BCUT2D eigenvalue weighted by Crippen LogP contribution is -2.21. The van der Waals surface area contributed by atoms with Crippen LogP contribution in [0.1, 0.15) is 36.8 Å². The molecule has 0 bridgehead atoms. The van der Waals surface area contributed by atoms with Crippen LogP contribution in [0.25, 0.3) is 22.2 Å². The number of benzene rings is 4. The van der Waals surface area contributed by atoms with Crippen LogP contribution in [-0.2, 0) is 9.59 Å². The smallest absolute Gasteiger partial charge is 0.188 e. The SMILES string of the molecule is Cc1ccc(N(c2ccc(C)cc2)c2ccc(-c3ccc(N=C4C(=O)C5CCCCC5C4=O)c4nsnc34)cc2)cc1. The van der Waals surface area contributed by atoms with Gasteiger partial charge in [-0.2, -0.15) is 8.75 Å². The zero-order valence-corrected chi connectivity index (χ0v) is 24.4. The maximum absolute atomic E-state index is 13.1. The Hall–Kier alpha value is -4.49. The van der Waals surface area contributed by atoms with Crippen molar-refractivity contribution < 1.29 is 9.59 Å². The fourth-order valence-electron chi connectivity index (χ4n) is 6.26. The van der Waals surface area contributed by atoms with Gasteiger partial charge < -0.3 is 4.90 Å². The van der Waals surface area contributed by atoms with E-state index >= 15 is 0 Å². The highest BCUT2D eigenvalue weighted by Crippen LogP contribution is 2.40. The molecule has 0 saturated heterocycles. The van der Waals surface area contributed by atoms with Crippen molar-refractivity contribution in [3.05, 3.63) is 96.1 Å². The lowest BCUT2D eigenvalue weighted by Gasteiger charge is -2.26. The quantitative estimate of drug-likeness (QED) is 0.212. The number of carbonyl (C=O) groups is 2. The number of anilines is 3. The lowest BCUT2D eigenvalue weighted by molar-refractivity contribution is -0.120. The Morgan fingerprint density at radius 3 is 1.71 bits per heavy atom. The van der Waals surface area contributed by atoms with E-state index in [9.17, 15) is 9.59 Å². The molecule has 5 aromatic rings. The van der Waals surface area contributed by atoms with Gasteiger partial charge in [-0.25, -0.2) is 4.99 Å². The molecule has 7 rings (SSSR count). The molecular formula is C35H30N4O2S. The molecule has 0 spiro atoms. The van der Waals surface area contributed by atoms with Gasteiger partial charge in [0.2, 0.25) is 0 Å². The number of Topliss-reactive ketones (excluding diaryl/α,β-unsaturated/α-hetero) is 2. The number of aromatic nitrogens is 2. The summed E-state index contributed by atoms with van der Waals surface area (Å²) < 4.78 is 9.11. The lowest BCUT2D eigenvalue weighted by atomic mass is 9.81. The molecule has 42 heavy (non-hydrogen) atoms. The predicted molar refractivity (Wildman–Crippen MR) is 170 cm³/mol. The highest BCUT2D eigenvalue weighted by Gasteiger charge is 2.47. The first kappa shape index (κ1) is 26.4. The summed E-state index contributed by atoms with van der Waals surface area (Å²) in [5.74, 6) is -0.614. The number of ketones is 2. The largest absolute Gasteiger partial charge is 0.311 e. The topological polar surface area (TPSA) is 75.5 Å². The molecule has 2 atom stereocenters. The van der Waals surface area contributed by atoms with Crippen molar-refractivity contribution in [2.45, 2.75) is 39.5 Å².